The molecule has 33 heavy (non-hydrogen) atoms. The van der Waals surface area contributed by atoms with Crippen molar-refractivity contribution >= 4 is 29.3 Å². The molecule has 0 spiro atoms. The molecular weight excluding hydrogens is 457 g/mol. The minimum atomic E-state index is -0.498. The normalized spacial score (nSPS) is 15.0. The molecule has 4 rings (SSSR count). The van der Waals surface area contributed by atoms with Crippen molar-refractivity contribution in [3.63, 3.8) is 0 Å². The molecule has 0 bridgehead atoms. The fourth-order valence-corrected chi connectivity index (χ4v) is 4.91. The third-order valence-electron chi connectivity index (χ3n) is 5.89. The molecule has 1 amide bonds. The maximum Gasteiger partial charge on any atom is 0.410 e. The number of amides is 1. The van der Waals surface area contributed by atoms with E-state index >= 15 is 0 Å². The van der Waals surface area contributed by atoms with Crippen molar-refractivity contribution in [1.82, 2.24) is 14.7 Å². The first-order valence-corrected chi connectivity index (χ1v) is 12.0. The van der Waals surface area contributed by atoms with E-state index in [2.05, 4.69) is 19.1 Å². The standard InChI is InChI=1S/C26H29Cl2N3O2/c1-17-22(18-13-15-30(16-14-18)25(32)33-26(2,3)4)29-31(23(17)19-9-6-5-7-10-19)24-20(27)11-8-12-21(24)28/h5-12,18H,13-16H2,1-4H3. The average molecular weight is 486 g/mol. The number of hydrogen-bond donors (Lipinski definition) is 0. The minimum Gasteiger partial charge on any atom is -0.444 e. The van der Waals surface area contributed by atoms with Crippen molar-refractivity contribution < 1.29 is 9.53 Å². The number of rotatable bonds is 3. The Balaban J connectivity index is 1.69. The number of para-hydroxylation sites is 1. The number of nitrogens with zero attached hydrogens (tertiary/aromatic N) is 3. The lowest BCUT2D eigenvalue weighted by atomic mass is 9.90. The quantitative estimate of drug-likeness (QED) is 0.391. The molecule has 1 saturated heterocycles. The number of carbonyl (C=O) groups excluding carboxylic acids is 1. The SMILES string of the molecule is Cc1c(C2CCN(C(=O)OC(C)(C)C)CC2)nn(-c2c(Cl)cccc2Cl)c1-c1ccccc1. The van der Waals surface area contributed by atoms with Crippen LogP contribution in [0.15, 0.2) is 48.5 Å². The second-order valence-corrected chi connectivity index (χ2v) is 10.3. The Morgan fingerprint density at radius 2 is 1.61 bits per heavy atom. The van der Waals surface area contributed by atoms with Crippen molar-refractivity contribution in [2.24, 2.45) is 0 Å². The second kappa shape index (κ2) is 9.40. The van der Waals surface area contributed by atoms with Gasteiger partial charge in [0.05, 0.1) is 21.4 Å². The lowest BCUT2D eigenvalue weighted by Gasteiger charge is -2.33. The Kier molecular flexibility index (Phi) is 6.73. The van der Waals surface area contributed by atoms with Crippen LogP contribution in [-0.2, 0) is 4.74 Å². The van der Waals surface area contributed by atoms with Crippen LogP contribution in [0, 0.1) is 6.92 Å². The number of ether oxygens (including phenoxy) is 1. The number of halogens is 2. The predicted molar refractivity (Wildman–Crippen MR) is 134 cm³/mol. The molecule has 1 fully saturated rings. The molecule has 5 nitrogen and oxygen atoms in total. The first-order valence-electron chi connectivity index (χ1n) is 11.2. The summed E-state index contributed by atoms with van der Waals surface area (Å²) in [7, 11) is 0. The van der Waals surface area contributed by atoms with Gasteiger partial charge in [0.1, 0.15) is 11.3 Å². The zero-order valence-electron chi connectivity index (χ0n) is 19.4. The van der Waals surface area contributed by atoms with Crippen LogP contribution in [0.2, 0.25) is 10.0 Å². The Hall–Kier alpha value is -2.50. The van der Waals surface area contributed by atoms with Gasteiger partial charge in [-0.3, -0.25) is 0 Å². The van der Waals surface area contributed by atoms with Crippen LogP contribution in [0.4, 0.5) is 4.79 Å². The van der Waals surface area contributed by atoms with Crippen molar-refractivity contribution in [1.29, 1.82) is 0 Å². The van der Waals surface area contributed by atoms with Gasteiger partial charge in [-0.1, -0.05) is 59.6 Å². The molecule has 174 valence electrons. The fourth-order valence-electron chi connectivity index (χ4n) is 4.35. The third-order valence-corrected chi connectivity index (χ3v) is 6.50. The molecule has 1 aliphatic rings. The summed E-state index contributed by atoms with van der Waals surface area (Å²) in [6.45, 7) is 9.04. The molecule has 3 aromatic rings. The molecule has 1 aromatic heterocycles. The van der Waals surface area contributed by atoms with Crippen molar-refractivity contribution in [3.05, 3.63) is 69.8 Å². The van der Waals surface area contributed by atoms with Crippen molar-refractivity contribution in [3.8, 4) is 16.9 Å². The third kappa shape index (κ3) is 5.04. The van der Waals surface area contributed by atoms with Crippen LogP contribution in [0.5, 0.6) is 0 Å². The van der Waals surface area contributed by atoms with Crippen LogP contribution in [0.25, 0.3) is 16.9 Å². The van der Waals surface area contributed by atoms with E-state index in [1.165, 1.54) is 0 Å². The summed E-state index contributed by atoms with van der Waals surface area (Å²) in [6.07, 6.45) is 1.39. The van der Waals surface area contributed by atoms with Gasteiger partial charge in [-0.2, -0.15) is 5.10 Å². The van der Waals surface area contributed by atoms with Crippen LogP contribution in [0.1, 0.15) is 50.8 Å². The highest BCUT2D eigenvalue weighted by Gasteiger charge is 2.31. The summed E-state index contributed by atoms with van der Waals surface area (Å²) >= 11 is 13.1. The highest BCUT2D eigenvalue weighted by atomic mass is 35.5. The summed E-state index contributed by atoms with van der Waals surface area (Å²) in [4.78, 5) is 14.3. The zero-order valence-corrected chi connectivity index (χ0v) is 21.0. The highest BCUT2D eigenvalue weighted by Crippen LogP contribution is 2.39. The number of likely N-dealkylation sites (tertiary alicyclic amines) is 1. The summed E-state index contributed by atoms with van der Waals surface area (Å²) in [5.74, 6) is 0.230. The number of hydrogen-bond acceptors (Lipinski definition) is 3. The molecule has 0 saturated carbocycles. The zero-order chi connectivity index (χ0) is 23.8. The van der Waals surface area contributed by atoms with E-state index in [1.54, 1.807) is 4.90 Å². The summed E-state index contributed by atoms with van der Waals surface area (Å²) < 4.78 is 7.42. The van der Waals surface area contributed by atoms with Gasteiger partial charge >= 0.3 is 6.09 Å². The molecule has 0 N–H and O–H groups in total. The first-order chi connectivity index (χ1) is 15.7. The molecule has 0 atom stereocenters. The maximum atomic E-state index is 12.5. The molecule has 0 aliphatic carbocycles. The number of carbonyl (C=O) groups is 1. The lowest BCUT2D eigenvalue weighted by molar-refractivity contribution is 0.0204. The van der Waals surface area contributed by atoms with Gasteiger partial charge in [0.25, 0.3) is 0 Å². The average Bonchev–Trinajstić information content (AvgIpc) is 3.10. The van der Waals surface area contributed by atoms with Crippen LogP contribution in [-0.4, -0.2) is 39.5 Å². The highest BCUT2D eigenvalue weighted by molar-refractivity contribution is 6.37. The topological polar surface area (TPSA) is 47.4 Å². The Bertz CT molecular complexity index is 1120. The number of aromatic nitrogens is 2. The van der Waals surface area contributed by atoms with E-state index in [4.69, 9.17) is 33.0 Å². The van der Waals surface area contributed by atoms with Crippen LogP contribution >= 0.6 is 23.2 Å². The molecule has 7 heteroatoms. The maximum absolute atomic E-state index is 12.5. The van der Waals surface area contributed by atoms with E-state index in [-0.39, 0.29) is 12.0 Å². The van der Waals surface area contributed by atoms with E-state index in [1.807, 2.05) is 61.9 Å². The largest absolute Gasteiger partial charge is 0.444 e. The van der Waals surface area contributed by atoms with Crippen LogP contribution in [0.3, 0.4) is 0 Å². The van der Waals surface area contributed by atoms with Gasteiger partial charge in [0.15, 0.2) is 0 Å². The van der Waals surface area contributed by atoms with Gasteiger partial charge < -0.3 is 9.64 Å². The van der Waals surface area contributed by atoms with Gasteiger partial charge in [-0.25, -0.2) is 9.48 Å². The molecular formula is C26H29Cl2N3O2. The van der Waals surface area contributed by atoms with Crippen molar-refractivity contribution in [2.45, 2.75) is 52.1 Å². The molecule has 2 heterocycles. The van der Waals surface area contributed by atoms with Crippen LogP contribution < -0.4 is 0 Å². The van der Waals surface area contributed by atoms with Gasteiger partial charge in [0.2, 0.25) is 0 Å². The molecule has 2 aromatic carbocycles. The van der Waals surface area contributed by atoms with E-state index in [0.29, 0.717) is 28.8 Å². The summed E-state index contributed by atoms with van der Waals surface area (Å²) in [6, 6.07) is 15.6. The minimum absolute atomic E-state index is 0.230. The second-order valence-electron chi connectivity index (χ2n) is 9.45. The summed E-state index contributed by atoms with van der Waals surface area (Å²) in [5, 5.41) is 6.14. The smallest absolute Gasteiger partial charge is 0.410 e. The van der Waals surface area contributed by atoms with Gasteiger partial charge in [0, 0.05) is 24.6 Å². The Morgan fingerprint density at radius 1 is 1.00 bits per heavy atom. The van der Waals surface area contributed by atoms with E-state index in [0.717, 1.165) is 35.4 Å². The Labute approximate surface area is 205 Å². The van der Waals surface area contributed by atoms with E-state index in [9.17, 15) is 4.79 Å². The predicted octanol–water partition coefficient (Wildman–Crippen LogP) is 7.27. The molecule has 0 unspecified atom stereocenters. The first kappa shape index (κ1) is 23.7. The summed E-state index contributed by atoms with van der Waals surface area (Å²) in [5.41, 5.74) is 4.34. The van der Waals surface area contributed by atoms with Crippen molar-refractivity contribution in [2.75, 3.05) is 13.1 Å². The number of benzene rings is 2. The number of piperidine rings is 1. The molecule has 0 radical (unpaired) electrons. The van der Waals surface area contributed by atoms with E-state index < -0.39 is 5.60 Å². The van der Waals surface area contributed by atoms with Gasteiger partial charge in [-0.05, 0) is 58.2 Å². The van der Waals surface area contributed by atoms with Gasteiger partial charge in [-0.15, -0.1) is 0 Å². The fraction of sp³-hybridized carbons (Fsp3) is 0.385. The lowest BCUT2D eigenvalue weighted by Crippen LogP contribution is -2.41. The monoisotopic (exact) mass is 485 g/mol. The Morgan fingerprint density at radius 3 is 2.18 bits per heavy atom. The molecule has 1 aliphatic heterocycles.